The SMILES string of the molecule is COc1ccc(Oc2ccc(C(=O)N3CCC(c4nnc(N)cc4C)CC3C)cc2)cn1. The standard InChI is InChI=1S/C24H27N5O3/c1-15-12-21(25)27-28-23(15)18-10-11-29(16(2)13-18)24(30)17-4-6-19(7-5-17)32-20-8-9-22(31-3)26-14-20/h4-9,12,14,16,18H,10-11,13H2,1-3H3,(H2,25,27). The number of likely N-dealkylation sites (tertiary alicyclic amines) is 1. The Balaban J connectivity index is 1.39. The second kappa shape index (κ2) is 9.21. The van der Waals surface area contributed by atoms with Crippen molar-refractivity contribution < 1.29 is 14.3 Å². The van der Waals surface area contributed by atoms with Crippen molar-refractivity contribution >= 4 is 11.7 Å². The molecule has 1 saturated heterocycles. The highest BCUT2D eigenvalue weighted by atomic mass is 16.5. The summed E-state index contributed by atoms with van der Waals surface area (Å²) in [5.41, 5.74) is 8.40. The van der Waals surface area contributed by atoms with Crippen molar-refractivity contribution in [3.05, 3.63) is 65.5 Å². The minimum atomic E-state index is 0.0220. The van der Waals surface area contributed by atoms with E-state index in [4.69, 9.17) is 15.2 Å². The van der Waals surface area contributed by atoms with Crippen molar-refractivity contribution in [1.29, 1.82) is 0 Å². The first-order valence-corrected chi connectivity index (χ1v) is 10.6. The van der Waals surface area contributed by atoms with Gasteiger partial charge in [0.15, 0.2) is 0 Å². The molecule has 8 heteroatoms. The minimum Gasteiger partial charge on any atom is -0.481 e. The molecular weight excluding hydrogens is 406 g/mol. The number of ether oxygens (including phenoxy) is 2. The van der Waals surface area contributed by atoms with Crippen molar-refractivity contribution in [2.75, 3.05) is 19.4 Å². The van der Waals surface area contributed by atoms with Gasteiger partial charge >= 0.3 is 0 Å². The number of hydrogen-bond donors (Lipinski definition) is 1. The van der Waals surface area contributed by atoms with Crippen LogP contribution in [0.2, 0.25) is 0 Å². The number of nitrogens with two attached hydrogens (primary N) is 1. The molecule has 1 aliphatic heterocycles. The molecule has 2 atom stereocenters. The van der Waals surface area contributed by atoms with Gasteiger partial charge in [0.1, 0.15) is 17.3 Å². The number of carbonyl (C=O) groups excluding carboxylic acids is 1. The fourth-order valence-electron chi connectivity index (χ4n) is 4.16. The van der Waals surface area contributed by atoms with Gasteiger partial charge in [-0.25, -0.2) is 4.98 Å². The maximum absolute atomic E-state index is 13.1. The van der Waals surface area contributed by atoms with E-state index in [1.165, 1.54) is 0 Å². The molecule has 8 nitrogen and oxygen atoms in total. The normalized spacial score (nSPS) is 18.3. The van der Waals surface area contributed by atoms with Gasteiger partial charge in [0.05, 0.1) is 19.0 Å². The molecule has 0 radical (unpaired) electrons. The Morgan fingerprint density at radius 2 is 1.88 bits per heavy atom. The van der Waals surface area contributed by atoms with E-state index < -0.39 is 0 Å². The van der Waals surface area contributed by atoms with E-state index in [-0.39, 0.29) is 17.9 Å². The van der Waals surface area contributed by atoms with Gasteiger partial charge in [0.25, 0.3) is 5.91 Å². The molecule has 0 spiro atoms. The molecule has 1 fully saturated rings. The number of nitrogens with zero attached hydrogens (tertiary/aromatic N) is 4. The number of pyridine rings is 1. The fraction of sp³-hybridized carbons (Fsp3) is 0.333. The molecule has 0 bridgehead atoms. The quantitative estimate of drug-likeness (QED) is 0.649. The lowest BCUT2D eigenvalue weighted by Gasteiger charge is -2.37. The van der Waals surface area contributed by atoms with Crippen LogP contribution in [0.5, 0.6) is 17.4 Å². The van der Waals surface area contributed by atoms with Crippen LogP contribution in [-0.4, -0.2) is 45.7 Å². The number of aromatic nitrogens is 3. The number of piperidine rings is 1. The molecule has 3 aromatic rings. The van der Waals surface area contributed by atoms with Crippen molar-refractivity contribution in [3.8, 4) is 17.4 Å². The van der Waals surface area contributed by atoms with Crippen LogP contribution in [0.3, 0.4) is 0 Å². The third kappa shape index (κ3) is 4.64. The van der Waals surface area contributed by atoms with E-state index >= 15 is 0 Å². The summed E-state index contributed by atoms with van der Waals surface area (Å²) in [5.74, 6) is 2.49. The van der Waals surface area contributed by atoms with Gasteiger partial charge in [-0.15, -0.1) is 5.10 Å². The van der Waals surface area contributed by atoms with Gasteiger partial charge < -0.3 is 20.1 Å². The summed E-state index contributed by atoms with van der Waals surface area (Å²) in [5, 5.41) is 8.33. The average Bonchev–Trinajstić information content (AvgIpc) is 2.79. The number of rotatable bonds is 5. The molecule has 1 aliphatic rings. The molecule has 2 unspecified atom stereocenters. The number of anilines is 1. The van der Waals surface area contributed by atoms with Crippen molar-refractivity contribution in [2.45, 2.75) is 38.6 Å². The number of nitrogen functional groups attached to an aromatic ring is 1. The highest BCUT2D eigenvalue weighted by molar-refractivity contribution is 5.94. The molecule has 0 saturated carbocycles. The molecule has 3 heterocycles. The molecule has 1 amide bonds. The largest absolute Gasteiger partial charge is 0.481 e. The van der Waals surface area contributed by atoms with E-state index in [9.17, 15) is 4.79 Å². The lowest BCUT2D eigenvalue weighted by Crippen LogP contribution is -2.44. The Labute approximate surface area is 187 Å². The third-order valence-electron chi connectivity index (χ3n) is 5.82. The first-order valence-electron chi connectivity index (χ1n) is 10.6. The van der Waals surface area contributed by atoms with Gasteiger partial charge in [-0.3, -0.25) is 4.79 Å². The van der Waals surface area contributed by atoms with Crippen LogP contribution in [0, 0.1) is 6.92 Å². The maximum Gasteiger partial charge on any atom is 0.254 e. The first-order chi connectivity index (χ1) is 15.4. The Kier molecular flexibility index (Phi) is 6.20. The summed E-state index contributed by atoms with van der Waals surface area (Å²) in [7, 11) is 1.56. The maximum atomic E-state index is 13.1. The lowest BCUT2D eigenvalue weighted by atomic mass is 9.87. The number of hydrogen-bond acceptors (Lipinski definition) is 7. The van der Waals surface area contributed by atoms with Gasteiger partial charge in [-0.1, -0.05) is 0 Å². The van der Waals surface area contributed by atoms with E-state index in [0.717, 1.165) is 24.1 Å². The molecule has 166 valence electrons. The molecule has 0 aliphatic carbocycles. The van der Waals surface area contributed by atoms with E-state index in [1.54, 1.807) is 49.7 Å². The zero-order valence-corrected chi connectivity index (χ0v) is 18.5. The second-order valence-electron chi connectivity index (χ2n) is 8.07. The molecule has 32 heavy (non-hydrogen) atoms. The predicted molar refractivity (Wildman–Crippen MR) is 121 cm³/mol. The highest BCUT2D eigenvalue weighted by Gasteiger charge is 2.31. The lowest BCUT2D eigenvalue weighted by molar-refractivity contribution is 0.0614. The van der Waals surface area contributed by atoms with Crippen LogP contribution in [-0.2, 0) is 0 Å². The molecular formula is C24H27N5O3. The monoisotopic (exact) mass is 433 g/mol. The summed E-state index contributed by atoms with van der Waals surface area (Å²) in [6.45, 7) is 4.76. The number of aryl methyl sites for hydroxylation is 1. The van der Waals surface area contributed by atoms with Gasteiger partial charge in [-0.2, -0.15) is 5.10 Å². The average molecular weight is 434 g/mol. The summed E-state index contributed by atoms with van der Waals surface area (Å²) < 4.78 is 10.8. The second-order valence-corrected chi connectivity index (χ2v) is 8.07. The van der Waals surface area contributed by atoms with Crippen LogP contribution >= 0.6 is 0 Å². The third-order valence-corrected chi connectivity index (χ3v) is 5.82. The van der Waals surface area contributed by atoms with Crippen molar-refractivity contribution in [1.82, 2.24) is 20.1 Å². The first kappa shape index (κ1) is 21.5. The molecule has 1 aromatic carbocycles. The number of benzene rings is 1. The topological polar surface area (TPSA) is 103 Å². The van der Waals surface area contributed by atoms with E-state index in [2.05, 4.69) is 22.1 Å². The summed E-state index contributed by atoms with van der Waals surface area (Å²) in [6, 6.07) is 12.6. The van der Waals surface area contributed by atoms with Crippen LogP contribution in [0.1, 0.15) is 47.3 Å². The number of methoxy groups -OCH3 is 1. The highest BCUT2D eigenvalue weighted by Crippen LogP contribution is 2.33. The fourth-order valence-corrected chi connectivity index (χ4v) is 4.16. The van der Waals surface area contributed by atoms with Crippen LogP contribution in [0.25, 0.3) is 0 Å². The Morgan fingerprint density at radius 1 is 1.12 bits per heavy atom. The summed E-state index contributed by atoms with van der Waals surface area (Å²) in [4.78, 5) is 19.2. The molecule has 2 N–H and O–H groups in total. The van der Waals surface area contributed by atoms with Crippen LogP contribution < -0.4 is 15.2 Å². The molecule has 4 rings (SSSR count). The molecule has 2 aromatic heterocycles. The zero-order valence-electron chi connectivity index (χ0n) is 18.5. The van der Waals surface area contributed by atoms with Crippen molar-refractivity contribution in [3.63, 3.8) is 0 Å². The summed E-state index contributed by atoms with van der Waals surface area (Å²) in [6.07, 6.45) is 3.29. The number of amides is 1. The van der Waals surface area contributed by atoms with Crippen LogP contribution in [0.15, 0.2) is 48.7 Å². The Bertz CT molecular complexity index is 1090. The Morgan fingerprint density at radius 3 is 2.50 bits per heavy atom. The van der Waals surface area contributed by atoms with Crippen LogP contribution in [0.4, 0.5) is 5.82 Å². The zero-order chi connectivity index (χ0) is 22.7. The number of carbonyl (C=O) groups is 1. The minimum absolute atomic E-state index is 0.0220. The Hall–Kier alpha value is -3.68. The van der Waals surface area contributed by atoms with Crippen molar-refractivity contribution in [2.24, 2.45) is 0 Å². The predicted octanol–water partition coefficient (Wildman–Crippen LogP) is 3.97. The van der Waals surface area contributed by atoms with E-state index in [0.29, 0.717) is 35.3 Å². The van der Waals surface area contributed by atoms with Gasteiger partial charge in [-0.05, 0) is 68.7 Å². The van der Waals surface area contributed by atoms with Gasteiger partial charge in [0.2, 0.25) is 5.88 Å². The van der Waals surface area contributed by atoms with E-state index in [1.807, 2.05) is 17.9 Å². The summed E-state index contributed by atoms with van der Waals surface area (Å²) >= 11 is 0. The van der Waals surface area contributed by atoms with Gasteiger partial charge in [0, 0.05) is 30.1 Å². The smallest absolute Gasteiger partial charge is 0.254 e.